The number of methoxy groups -OCH3 is 1. The molecule has 0 saturated carbocycles. The second kappa shape index (κ2) is 11.9. The summed E-state index contributed by atoms with van der Waals surface area (Å²) >= 11 is 0. The fourth-order valence-corrected chi connectivity index (χ4v) is 1.19. The quantitative estimate of drug-likeness (QED) is 0.645. The fraction of sp³-hybridized carbons (Fsp3) is 0.400. The number of ether oxygens (including phenoxy) is 1. The van der Waals surface area contributed by atoms with E-state index in [4.69, 9.17) is 5.11 Å². The molecule has 1 rings (SSSR count). The van der Waals surface area contributed by atoms with Crippen molar-refractivity contribution in [2.75, 3.05) is 13.7 Å². The van der Waals surface area contributed by atoms with Crippen molar-refractivity contribution in [3.05, 3.63) is 48.0 Å². The Kier molecular flexibility index (Phi) is 10.8. The Morgan fingerprint density at radius 3 is 2.44 bits per heavy atom. The average molecular weight is 250 g/mol. The van der Waals surface area contributed by atoms with Crippen molar-refractivity contribution in [2.45, 2.75) is 26.2 Å². The van der Waals surface area contributed by atoms with Crippen LogP contribution in [0.1, 0.15) is 25.3 Å². The summed E-state index contributed by atoms with van der Waals surface area (Å²) in [5.41, 5.74) is 0.986. The summed E-state index contributed by atoms with van der Waals surface area (Å²) in [5, 5.41) is 8.24. The third-order valence-electron chi connectivity index (χ3n) is 2.12. The number of hydrogen-bond acceptors (Lipinski definition) is 3. The first-order valence-electron chi connectivity index (χ1n) is 6.11. The summed E-state index contributed by atoms with van der Waals surface area (Å²) < 4.78 is 4.52. The van der Waals surface area contributed by atoms with Crippen LogP contribution in [0.3, 0.4) is 0 Å². The van der Waals surface area contributed by atoms with E-state index in [1.807, 2.05) is 36.4 Å². The highest BCUT2D eigenvalue weighted by atomic mass is 16.5. The molecular formula is C15H22O3. The highest BCUT2D eigenvalue weighted by Crippen LogP contribution is 1.99. The molecule has 0 fully saturated rings. The molecule has 0 heterocycles. The van der Waals surface area contributed by atoms with Crippen LogP contribution in [-0.4, -0.2) is 24.8 Å². The van der Waals surface area contributed by atoms with E-state index < -0.39 is 0 Å². The minimum Gasteiger partial charge on any atom is -0.469 e. The molecule has 0 saturated heterocycles. The minimum absolute atomic E-state index is 0.198. The molecule has 100 valence electrons. The summed E-state index contributed by atoms with van der Waals surface area (Å²) in [6, 6.07) is 9.52. The Balaban J connectivity index is 0.000000360. The van der Waals surface area contributed by atoms with Crippen molar-refractivity contribution < 1.29 is 14.6 Å². The smallest absolute Gasteiger partial charge is 0.309 e. The highest BCUT2D eigenvalue weighted by molar-refractivity contribution is 5.72. The van der Waals surface area contributed by atoms with Crippen molar-refractivity contribution in [3.8, 4) is 0 Å². The highest BCUT2D eigenvalue weighted by Gasteiger charge is 1.99. The Morgan fingerprint density at radius 2 is 1.94 bits per heavy atom. The molecule has 0 bridgehead atoms. The lowest BCUT2D eigenvalue weighted by molar-refractivity contribution is -0.139. The van der Waals surface area contributed by atoms with Crippen LogP contribution < -0.4 is 0 Å². The van der Waals surface area contributed by atoms with E-state index in [-0.39, 0.29) is 12.6 Å². The van der Waals surface area contributed by atoms with Crippen molar-refractivity contribution >= 4 is 5.97 Å². The molecule has 1 aromatic rings. The lowest BCUT2D eigenvalue weighted by Crippen LogP contribution is -2.03. The van der Waals surface area contributed by atoms with Crippen molar-refractivity contribution in [1.29, 1.82) is 0 Å². The van der Waals surface area contributed by atoms with Gasteiger partial charge in [0, 0.05) is 6.61 Å². The van der Waals surface area contributed by atoms with Crippen molar-refractivity contribution in [1.82, 2.24) is 0 Å². The second-order valence-corrected chi connectivity index (χ2v) is 3.63. The number of aliphatic hydroxyl groups excluding tert-OH is 1. The Labute approximate surface area is 109 Å². The van der Waals surface area contributed by atoms with Crippen LogP contribution in [0.5, 0.6) is 0 Å². The third-order valence-corrected chi connectivity index (χ3v) is 2.12. The van der Waals surface area contributed by atoms with Gasteiger partial charge in [0.15, 0.2) is 0 Å². The summed E-state index contributed by atoms with van der Waals surface area (Å²) in [6.07, 6.45) is 6.27. The normalized spacial score (nSPS) is 9.72. The first-order valence-corrected chi connectivity index (χ1v) is 6.11. The van der Waals surface area contributed by atoms with E-state index in [0.717, 1.165) is 18.4 Å². The van der Waals surface area contributed by atoms with Crippen LogP contribution in [0.25, 0.3) is 0 Å². The van der Waals surface area contributed by atoms with Crippen molar-refractivity contribution in [2.24, 2.45) is 0 Å². The van der Waals surface area contributed by atoms with E-state index in [1.54, 1.807) is 0 Å². The van der Waals surface area contributed by atoms with Crippen LogP contribution in [0.4, 0.5) is 0 Å². The van der Waals surface area contributed by atoms with Gasteiger partial charge in [0.25, 0.3) is 0 Å². The van der Waals surface area contributed by atoms with Gasteiger partial charge < -0.3 is 9.84 Å². The van der Waals surface area contributed by atoms with Crippen LogP contribution in [0.2, 0.25) is 0 Å². The molecule has 3 heteroatoms. The molecule has 0 spiro atoms. The van der Waals surface area contributed by atoms with Crippen LogP contribution >= 0.6 is 0 Å². The number of carbonyl (C=O) groups is 1. The second-order valence-electron chi connectivity index (χ2n) is 3.63. The first-order chi connectivity index (χ1) is 8.74. The molecule has 0 aliphatic carbocycles. The zero-order valence-electron chi connectivity index (χ0n) is 11.1. The van der Waals surface area contributed by atoms with Gasteiger partial charge in [-0.2, -0.15) is 0 Å². The SMILES string of the molecule is CCC=CCCO.COC(=O)Cc1ccccc1. The summed E-state index contributed by atoms with van der Waals surface area (Å²) in [6.45, 7) is 2.35. The van der Waals surface area contributed by atoms with Crippen LogP contribution in [0, 0.1) is 0 Å². The van der Waals surface area contributed by atoms with Gasteiger partial charge in [0.2, 0.25) is 0 Å². The van der Waals surface area contributed by atoms with Crippen LogP contribution in [-0.2, 0) is 16.0 Å². The molecule has 0 aliphatic heterocycles. The predicted octanol–water partition coefficient (Wildman–Crippen LogP) is 2.74. The molecule has 1 N–H and O–H groups in total. The molecule has 0 amide bonds. The maximum absolute atomic E-state index is 10.8. The molecular weight excluding hydrogens is 228 g/mol. The number of benzene rings is 1. The number of allylic oxidation sites excluding steroid dienone is 1. The summed E-state index contributed by atoms with van der Waals surface area (Å²) in [5.74, 6) is -0.198. The van der Waals surface area contributed by atoms with E-state index in [9.17, 15) is 4.79 Å². The maximum Gasteiger partial charge on any atom is 0.309 e. The number of carbonyl (C=O) groups excluding carboxylic acids is 1. The fourth-order valence-electron chi connectivity index (χ4n) is 1.19. The summed E-state index contributed by atoms with van der Waals surface area (Å²) in [4.78, 5) is 10.8. The predicted molar refractivity (Wildman–Crippen MR) is 73.3 cm³/mol. The monoisotopic (exact) mass is 250 g/mol. The summed E-state index contributed by atoms with van der Waals surface area (Å²) in [7, 11) is 1.39. The molecule has 1 aromatic carbocycles. The third kappa shape index (κ3) is 9.60. The zero-order chi connectivity index (χ0) is 13.6. The van der Waals surface area contributed by atoms with E-state index in [2.05, 4.69) is 17.7 Å². The molecule has 0 radical (unpaired) electrons. The molecule has 0 aliphatic rings. The molecule has 18 heavy (non-hydrogen) atoms. The van der Waals surface area contributed by atoms with Gasteiger partial charge in [-0.3, -0.25) is 4.79 Å². The lowest BCUT2D eigenvalue weighted by Gasteiger charge is -1.97. The number of esters is 1. The van der Waals surface area contributed by atoms with E-state index in [0.29, 0.717) is 6.42 Å². The van der Waals surface area contributed by atoms with Gasteiger partial charge >= 0.3 is 5.97 Å². The van der Waals surface area contributed by atoms with Gasteiger partial charge in [-0.1, -0.05) is 49.4 Å². The van der Waals surface area contributed by atoms with Crippen LogP contribution in [0.15, 0.2) is 42.5 Å². The first kappa shape index (κ1) is 16.4. The van der Waals surface area contributed by atoms with Gasteiger partial charge in [-0.25, -0.2) is 0 Å². The van der Waals surface area contributed by atoms with Gasteiger partial charge in [0.1, 0.15) is 0 Å². The molecule has 0 unspecified atom stereocenters. The average Bonchev–Trinajstić information content (AvgIpc) is 2.41. The molecule has 0 aromatic heterocycles. The zero-order valence-corrected chi connectivity index (χ0v) is 11.1. The Morgan fingerprint density at radius 1 is 1.28 bits per heavy atom. The number of hydrogen-bond donors (Lipinski definition) is 1. The Hall–Kier alpha value is -1.61. The number of aliphatic hydroxyl groups is 1. The van der Waals surface area contributed by atoms with Gasteiger partial charge in [-0.05, 0) is 18.4 Å². The molecule has 3 nitrogen and oxygen atoms in total. The lowest BCUT2D eigenvalue weighted by atomic mass is 10.2. The van der Waals surface area contributed by atoms with E-state index >= 15 is 0 Å². The Bertz CT molecular complexity index is 331. The van der Waals surface area contributed by atoms with Gasteiger partial charge in [0.05, 0.1) is 13.5 Å². The standard InChI is InChI=1S/C9H10O2.C6H12O/c1-11-9(10)7-8-5-3-2-4-6-8;1-2-3-4-5-6-7/h2-6H,7H2,1H3;3-4,7H,2,5-6H2,1H3. The largest absolute Gasteiger partial charge is 0.469 e. The van der Waals surface area contributed by atoms with E-state index in [1.165, 1.54) is 7.11 Å². The topological polar surface area (TPSA) is 46.5 Å². The minimum atomic E-state index is -0.198. The number of rotatable bonds is 5. The molecule has 0 atom stereocenters. The van der Waals surface area contributed by atoms with Gasteiger partial charge in [-0.15, -0.1) is 0 Å². The van der Waals surface area contributed by atoms with Crippen molar-refractivity contribution in [3.63, 3.8) is 0 Å². The maximum atomic E-state index is 10.8.